The highest BCUT2D eigenvalue weighted by Crippen LogP contribution is 2.25. The van der Waals surface area contributed by atoms with Gasteiger partial charge in [-0.05, 0) is 18.6 Å². The summed E-state index contributed by atoms with van der Waals surface area (Å²) in [5.74, 6) is -0.210. The fraction of sp³-hybridized carbons (Fsp3) is 0.250. The first-order valence-corrected chi connectivity index (χ1v) is 7.35. The van der Waals surface area contributed by atoms with Crippen LogP contribution in [-0.4, -0.2) is 31.5 Å². The van der Waals surface area contributed by atoms with E-state index in [2.05, 4.69) is 31.1 Å². The molecule has 0 saturated heterocycles. The van der Waals surface area contributed by atoms with Gasteiger partial charge in [0.2, 0.25) is 5.16 Å². The van der Waals surface area contributed by atoms with Crippen LogP contribution in [0.2, 0.25) is 0 Å². The molecule has 7 heteroatoms. The van der Waals surface area contributed by atoms with Crippen LogP contribution in [0.15, 0.2) is 33.9 Å². The van der Waals surface area contributed by atoms with E-state index >= 15 is 0 Å². The van der Waals surface area contributed by atoms with Crippen LogP contribution in [0.5, 0.6) is 0 Å². The quantitative estimate of drug-likeness (QED) is 0.816. The van der Waals surface area contributed by atoms with E-state index in [1.54, 1.807) is 0 Å². The number of carboxylic acids is 1. The number of carbonyl (C=O) groups is 1. The summed E-state index contributed by atoms with van der Waals surface area (Å²) in [6.07, 6.45) is 0.530. The lowest BCUT2D eigenvalue weighted by Gasteiger charge is -2.04. The van der Waals surface area contributed by atoms with Crippen LogP contribution < -0.4 is 0 Å². The number of thioether (sulfide) groups is 1. The Labute approximate surface area is 123 Å². The van der Waals surface area contributed by atoms with Crippen LogP contribution in [0.4, 0.5) is 0 Å². The highest BCUT2D eigenvalue weighted by atomic mass is 79.9. The molecule has 0 unspecified atom stereocenters. The molecular formula is C12H12BrN3O2S. The molecule has 0 bridgehead atoms. The lowest BCUT2D eigenvalue weighted by molar-refractivity contribution is -0.136. The molecule has 2 aromatic rings. The van der Waals surface area contributed by atoms with Gasteiger partial charge in [-0.25, -0.2) is 4.98 Å². The molecule has 0 fully saturated rings. The number of hydrogen-bond donors (Lipinski definition) is 2. The summed E-state index contributed by atoms with van der Waals surface area (Å²) in [6.45, 7) is 1.83. The second kappa shape index (κ2) is 6.21. The Bertz CT molecular complexity index is 571. The predicted molar refractivity (Wildman–Crippen MR) is 77.1 cm³/mol. The third kappa shape index (κ3) is 3.57. The number of nitrogens with zero attached hydrogens (tertiary/aromatic N) is 2. The first-order valence-electron chi connectivity index (χ1n) is 5.68. The van der Waals surface area contributed by atoms with Gasteiger partial charge in [-0.3, -0.25) is 9.89 Å². The molecule has 100 valence electrons. The Morgan fingerprint density at radius 3 is 2.74 bits per heavy atom. The van der Waals surface area contributed by atoms with Gasteiger partial charge in [-0.2, -0.15) is 0 Å². The highest BCUT2D eigenvalue weighted by Gasteiger charge is 2.19. The minimum Gasteiger partial charge on any atom is -0.480 e. The number of aromatic amines is 1. The predicted octanol–water partition coefficient (Wildman–Crippen LogP) is 3.19. The standard InChI is InChI=1S/C12H12BrN3O2S/c1-2-9(11(17)18)19-12-14-10(15-16-12)7-3-5-8(13)6-4-7/h3-6,9H,2H2,1H3,(H,17,18)(H,14,15,16)/t9-/m1/s1. The fourth-order valence-corrected chi connectivity index (χ4v) is 2.50. The maximum absolute atomic E-state index is 11.0. The van der Waals surface area contributed by atoms with Crippen molar-refractivity contribution < 1.29 is 9.90 Å². The lowest BCUT2D eigenvalue weighted by Crippen LogP contribution is -2.14. The average molecular weight is 342 g/mol. The zero-order chi connectivity index (χ0) is 13.8. The Balaban J connectivity index is 2.15. The number of aromatic nitrogens is 3. The Kier molecular flexibility index (Phi) is 4.60. The second-order valence-electron chi connectivity index (χ2n) is 3.83. The maximum Gasteiger partial charge on any atom is 0.317 e. The largest absolute Gasteiger partial charge is 0.480 e. The molecule has 1 aromatic heterocycles. The zero-order valence-electron chi connectivity index (χ0n) is 10.1. The molecule has 0 amide bonds. The summed E-state index contributed by atoms with van der Waals surface area (Å²) in [4.78, 5) is 15.3. The van der Waals surface area contributed by atoms with Crippen molar-refractivity contribution >= 4 is 33.7 Å². The van der Waals surface area contributed by atoms with Gasteiger partial charge >= 0.3 is 5.97 Å². The molecule has 5 nitrogen and oxygen atoms in total. The summed E-state index contributed by atoms with van der Waals surface area (Å²) in [5, 5.41) is 15.8. The first kappa shape index (κ1) is 14.1. The number of nitrogens with one attached hydrogen (secondary N) is 1. The van der Waals surface area contributed by atoms with Crippen LogP contribution in [0.1, 0.15) is 13.3 Å². The number of benzene rings is 1. The van der Waals surface area contributed by atoms with Crippen molar-refractivity contribution in [2.24, 2.45) is 0 Å². The van der Waals surface area contributed by atoms with E-state index in [0.29, 0.717) is 17.4 Å². The monoisotopic (exact) mass is 341 g/mol. The van der Waals surface area contributed by atoms with Crippen LogP contribution >= 0.6 is 27.7 Å². The van der Waals surface area contributed by atoms with Crippen molar-refractivity contribution in [1.29, 1.82) is 0 Å². The number of aliphatic carboxylic acids is 1. The second-order valence-corrected chi connectivity index (χ2v) is 5.91. The minimum atomic E-state index is -0.845. The van der Waals surface area contributed by atoms with Gasteiger partial charge in [0.05, 0.1) is 0 Å². The number of H-pyrrole nitrogens is 1. The van der Waals surface area contributed by atoms with E-state index in [1.807, 2.05) is 31.2 Å². The molecule has 0 saturated carbocycles. The average Bonchev–Trinajstić information content (AvgIpc) is 2.85. The van der Waals surface area contributed by atoms with Gasteiger partial charge in [-0.15, -0.1) is 5.10 Å². The van der Waals surface area contributed by atoms with E-state index in [1.165, 1.54) is 0 Å². The van der Waals surface area contributed by atoms with Crippen LogP contribution in [0.3, 0.4) is 0 Å². The van der Waals surface area contributed by atoms with E-state index < -0.39 is 11.2 Å². The molecule has 0 aliphatic rings. The van der Waals surface area contributed by atoms with Crippen molar-refractivity contribution in [2.45, 2.75) is 23.8 Å². The zero-order valence-corrected chi connectivity index (χ0v) is 12.5. The van der Waals surface area contributed by atoms with Gasteiger partial charge < -0.3 is 5.11 Å². The third-order valence-electron chi connectivity index (χ3n) is 2.48. The Hall–Kier alpha value is -1.34. The van der Waals surface area contributed by atoms with Crippen LogP contribution in [0.25, 0.3) is 11.4 Å². The van der Waals surface area contributed by atoms with Crippen molar-refractivity contribution in [1.82, 2.24) is 15.2 Å². The normalized spacial score (nSPS) is 12.3. The fourth-order valence-electron chi connectivity index (χ4n) is 1.47. The van der Waals surface area contributed by atoms with Gasteiger partial charge in [0, 0.05) is 10.0 Å². The molecule has 19 heavy (non-hydrogen) atoms. The SMILES string of the molecule is CC[C@@H](Sc1n[nH]c(-c2ccc(Br)cc2)n1)C(=O)O. The summed E-state index contributed by atoms with van der Waals surface area (Å²) >= 11 is 4.52. The summed E-state index contributed by atoms with van der Waals surface area (Å²) in [7, 11) is 0. The molecule has 0 radical (unpaired) electrons. The molecule has 0 spiro atoms. The number of carboxylic acid groups (broad SMARTS) is 1. The Morgan fingerprint density at radius 2 is 2.16 bits per heavy atom. The smallest absolute Gasteiger partial charge is 0.317 e. The molecule has 1 aromatic carbocycles. The molecule has 2 rings (SSSR count). The first-order chi connectivity index (χ1) is 9.10. The van der Waals surface area contributed by atoms with Crippen molar-refractivity contribution in [2.75, 3.05) is 0 Å². The number of halogens is 1. The molecule has 1 atom stereocenters. The summed E-state index contributed by atoms with van der Waals surface area (Å²) in [5.41, 5.74) is 0.908. The lowest BCUT2D eigenvalue weighted by atomic mass is 10.2. The van der Waals surface area contributed by atoms with E-state index in [0.717, 1.165) is 21.8 Å². The van der Waals surface area contributed by atoms with E-state index in [4.69, 9.17) is 5.11 Å². The van der Waals surface area contributed by atoms with Gasteiger partial charge in [-0.1, -0.05) is 46.7 Å². The minimum absolute atomic E-state index is 0.451. The van der Waals surface area contributed by atoms with Crippen molar-refractivity contribution in [3.63, 3.8) is 0 Å². The molecule has 0 aliphatic heterocycles. The van der Waals surface area contributed by atoms with Gasteiger partial charge in [0.25, 0.3) is 0 Å². The van der Waals surface area contributed by atoms with Crippen LogP contribution in [0, 0.1) is 0 Å². The molecule has 1 heterocycles. The summed E-state index contributed by atoms with van der Waals surface area (Å²) < 4.78 is 0.988. The van der Waals surface area contributed by atoms with Crippen LogP contribution in [-0.2, 0) is 4.79 Å². The molecular weight excluding hydrogens is 330 g/mol. The third-order valence-corrected chi connectivity index (χ3v) is 4.22. The number of rotatable bonds is 5. The van der Waals surface area contributed by atoms with E-state index in [-0.39, 0.29) is 0 Å². The topological polar surface area (TPSA) is 78.9 Å². The molecule has 2 N–H and O–H groups in total. The summed E-state index contributed by atoms with van der Waals surface area (Å²) in [6, 6.07) is 7.65. The van der Waals surface area contributed by atoms with Crippen molar-refractivity contribution in [3.8, 4) is 11.4 Å². The van der Waals surface area contributed by atoms with Crippen molar-refractivity contribution in [3.05, 3.63) is 28.7 Å². The van der Waals surface area contributed by atoms with E-state index in [9.17, 15) is 4.79 Å². The molecule has 0 aliphatic carbocycles. The highest BCUT2D eigenvalue weighted by molar-refractivity contribution is 9.10. The van der Waals surface area contributed by atoms with Gasteiger partial charge in [0.15, 0.2) is 5.82 Å². The number of hydrogen-bond acceptors (Lipinski definition) is 4. The Morgan fingerprint density at radius 1 is 1.47 bits per heavy atom. The van der Waals surface area contributed by atoms with Gasteiger partial charge in [0.1, 0.15) is 5.25 Å². The maximum atomic E-state index is 11.0.